The van der Waals surface area contributed by atoms with Gasteiger partial charge in [-0.05, 0) is 42.0 Å². The normalized spacial score (nSPS) is 10.9. The second-order valence-corrected chi connectivity index (χ2v) is 6.95. The van der Waals surface area contributed by atoms with E-state index >= 15 is 0 Å². The van der Waals surface area contributed by atoms with Gasteiger partial charge in [0, 0.05) is 22.8 Å². The van der Waals surface area contributed by atoms with Gasteiger partial charge >= 0.3 is 0 Å². The monoisotopic (exact) mass is 381 g/mol. The molecule has 0 atom stereocenters. The summed E-state index contributed by atoms with van der Waals surface area (Å²) in [4.78, 5) is 22.2. The number of pyridine rings is 1. The fourth-order valence-corrected chi connectivity index (χ4v) is 3.62. The number of nitrogens with one attached hydrogen (secondary N) is 2. The van der Waals surface area contributed by atoms with Crippen molar-refractivity contribution in [2.24, 2.45) is 0 Å². The fourth-order valence-electron chi connectivity index (χ4n) is 2.55. The maximum atomic E-state index is 12.8. The van der Waals surface area contributed by atoms with Gasteiger partial charge in [0.05, 0.1) is 12.1 Å². The van der Waals surface area contributed by atoms with E-state index in [1.807, 2.05) is 26.0 Å². The lowest BCUT2D eigenvalue weighted by Gasteiger charge is -2.05. The first-order valence-corrected chi connectivity index (χ1v) is 8.88. The standard InChI is InChI=1S/C16H15N9OS/c1-9-10(2)27-16(25-8-19-23-24-25)13(9)15(26)18-7-12-20-14(22-21-12)11-3-5-17-6-4-11/h3-6,8H,7H2,1-2H3,(H,18,26)(H,20,21,22). The van der Waals surface area contributed by atoms with Gasteiger partial charge in [0.2, 0.25) is 0 Å². The highest BCUT2D eigenvalue weighted by atomic mass is 32.1. The average molecular weight is 381 g/mol. The van der Waals surface area contributed by atoms with Crippen LogP contribution in [0.2, 0.25) is 0 Å². The van der Waals surface area contributed by atoms with Crippen LogP contribution in [0.15, 0.2) is 30.9 Å². The Hall–Kier alpha value is -3.47. The number of carbonyl (C=O) groups excluding carboxylic acids is 1. The van der Waals surface area contributed by atoms with E-state index < -0.39 is 0 Å². The molecule has 10 nitrogen and oxygen atoms in total. The molecule has 2 N–H and O–H groups in total. The summed E-state index contributed by atoms with van der Waals surface area (Å²) in [6.07, 6.45) is 4.82. The molecule has 0 fully saturated rings. The minimum Gasteiger partial charge on any atom is -0.345 e. The molecule has 136 valence electrons. The molecule has 0 spiro atoms. The first-order chi connectivity index (χ1) is 13.1. The molecule has 4 rings (SSSR count). The highest BCUT2D eigenvalue weighted by Crippen LogP contribution is 2.30. The van der Waals surface area contributed by atoms with Crippen LogP contribution in [-0.2, 0) is 6.54 Å². The van der Waals surface area contributed by atoms with Crippen molar-refractivity contribution in [3.8, 4) is 16.4 Å². The summed E-state index contributed by atoms with van der Waals surface area (Å²) in [5, 5.41) is 21.8. The highest BCUT2D eigenvalue weighted by molar-refractivity contribution is 7.15. The molecule has 0 unspecified atom stereocenters. The van der Waals surface area contributed by atoms with Crippen molar-refractivity contribution in [1.82, 2.24) is 45.7 Å². The van der Waals surface area contributed by atoms with E-state index in [4.69, 9.17) is 0 Å². The van der Waals surface area contributed by atoms with Gasteiger partial charge in [-0.15, -0.1) is 16.4 Å². The van der Waals surface area contributed by atoms with Crippen LogP contribution in [0.3, 0.4) is 0 Å². The van der Waals surface area contributed by atoms with Crippen LogP contribution in [0, 0.1) is 13.8 Å². The number of thiophene rings is 1. The number of nitrogens with zero attached hydrogens (tertiary/aromatic N) is 7. The Balaban J connectivity index is 1.52. The molecule has 4 aromatic heterocycles. The van der Waals surface area contributed by atoms with Crippen molar-refractivity contribution < 1.29 is 4.79 Å². The van der Waals surface area contributed by atoms with Gasteiger partial charge in [-0.2, -0.15) is 9.78 Å². The molecule has 0 aliphatic carbocycles. The summed E-state index contributed by atoms with van der Waals surface area (Å²) < 4.78 is 1.50. The van der Waals surface area contributed by atoms with E-state index in [-0.39, 0.29) is 12.5 Å². The van der Waals surface area contributed by atoms with Crippen LogP contribution in [-0.4, -0.2) is 46.3 Å². The Morgan fingerprint density at radius 1 is 1.30 bits per heavy atom. The van der Waals surface area contributed by atoms with Crippen molar-refractivity contribution in [2.75, 3.05) is 0 Å². The number of rotatable bonds is 5. The van der Waals surface area contributed by atoms with Gasteiger partial charge in [-0.1, -0.05) is 0 Å². The van der Waals surface area contributed by atoms with E-state index in [1.165, 1.54) is 22.3 Å². The summed E-state index contributed by atoms with van der Waals surface area (Å²) in [6.45, 7) is 4.09. The Kier molecular flexibility index (Phi) is 4.42. The smallest absolute Gasteiger partial charge is 0.255 e. The van der Waals surface area contributed by atoms with Gasteiger partial charge in [-0.25, -0.2) is 4.98 Å². The molecule has 0 aliphatic rings. The summed E-state index contributed by atoms with van der Waals surface area (Å²) >= 11 is 1.47. The third kappa shape index (κ3) is 3.31. The Labute approximate surface area is 157 Å². The number of tetrazole rings is 1. The minimum atomic E-state index is -0.218. The number of amides is 1. The number of hydrogen-bond donors (Lipinski definition) is 2. The molecule has 0 bridgehead atoms. The quantitative estimate of drug-likeness (QED) is 0.535. The van der Waals surface area contributed by atoms with Crippen molar-refractivity contribution in [3.05, 3.63) is 52.7 Å². The number of H-pyrrole nitrogens is 1. The summed E-state index contributed by atoms with van der Waals surface area (Å²) in [7, 11) is 0. The second kappa shape index (κ2) is 7.03. The molecule has 0 aromatic carbocycles. The topological polar surface area (TPSA) is 127 Å². The molecular weight excluding hydrogens is 366 g/mol. The fraction of sp³-hybridized carbons (Fsp3) is 0.188. The predicted molar refractivity (Wildman–Crippen MR) is 97.3 cm³/mol. The van der Waals surface area contributed by atoms with Gasteiger partial charge in [0.25, 0.3) is 5.91 Å². The van der Waals surface area contributed by atoms with E-state index in [1.54, 1.807) is 12.4 Å². The van der Waals surface area contributed by atoms with Gasteiger partial charge in [0.15, 0.2) is 5.82 Å². The van der Waals surface area contributed by atoms with E-state index in [0.717, 1.165) is 16.0 Å². The van der Waals surface area contributed by atoms with Crippen LogP contribution >= 0.6 is 11.3 Å². The van der Waals surface area contributed by atoms with E-state index in [9.17, 15) is 4.79 Å². The van der Waals surface area contributed by atoms with Crippen LogP contribution in [0.4, 0.5) is 0 Å². The van der Waals surface area contributed by atoms with Crippen molar-refractivity contribution in [2.45, 2.75) is 20.4 Å². The Bertz CT molecular complexity index is 1070. The first-order valence-electron chi connectivity index (χ1n) is 8.06. The van der Waals surface area contributed by atoms with Crippen molar-refractivity contribution >= 4 is 17.2 Å². The van der Waals surface area contributed by atoms with Crippen LogP contribution in [0.25, 0.3) is 16.4 Å². The molecule has 0 aliphatic heterocycles. The summed E-state index contributed by atoms with van der Waals surface area (Å²) in [6, 6.07) is 3.64. The molecule has 27 heavy (non-hydrogen) atoms. The molecule has 0 saturated carbocycles. The van der Waals surface area contributed by atoms with E-state index in [0.29, 0.717) is 22.2 Å². The van der Waals surface area contributed by atoms with Crippen LogP contribution in [0.1, 0.15) is 26.6 Å². The zero-order valence-electron chi connectivity index (χ0n) is 14.5. The Morgan fingerprint density at radius 2 is 2.11 bits per heavy atom. The van der Waals surface area contributed by atoms with Gasteiger partial charge in [0.1, 0.15) is 17.2 Å². The zero-order valence-corrected chi connectivity index (χ0v) is 15.4. The Morgan fingerprint density at radius 3 is 2.85 bits per heavy atom. The third-order valence-corrected chi connectivity index (χ3v) is 5.23. The number of carbonyl (C=O) groups is 1. The molecule has 0 saturated heterocycles. The number of hydrogen-bond acceptors (Lipinski definition) is 8. The molecule has 4 aromatic rings. The molecule has 11 heteroatoms. The summed E-state index contributed by atoms with van der Waals surface area (Å²) in [5.41, 5.74) is 2.31. The number of aromatic nitrogens is 8. The second-order valence-electron chi connectivity index (χ2n) is 5.74. The minimum absolute atomic E-state index is 0.218. The molecule has 0 radical (unpaired) electrons. The third-order valence-electron chi connectivity index (χ3n) is 4.04. The number of aryl methyl sites for hydroxylation is 1. The van der Waals surface area contributed by atoms with Crippen molar-refractivity contribution in [3.63, 3.8) is 0 Å². The van der Waals surface area contributed by atoms with Gasteiger partial charge in [-0.3, -0.25) is 14.9 Å². The van der Waals surface area contributed by atoms with Crippen LogP contribution in [0.5, 0.6) is 0 Å². The molecular formula is C16H15N9OS. The lowest BCUT2D eigenvalue weighted by molar-refractivity contribution is 0.0949. The van der Waals surface area contributed by atoms with Crippen molar-refractivity contribution in [1.29, 1.82) is 0 Å². The lowest BCUT2D eigenvalue weighted by Crippen LogP contribution is -2.25. The molecule has 4 heterocycles. The number of aromatic amines is 1. The largest absolute Gasteiger partial charge is 0.345 e. The molecule has 1 amide bonds. The summed E-state index contributed by atoms with van der Waals surface area (Å²) in [5.74, 6) is 0.895. The lowest BCUT2D eigenvalue weighted by atomic mass is 10.1. The van der Waals surface area contributed by atoms with E-state index in [2.05, 4.69) is 41.0 Å². The maximum absolute atomic E-state index is 12.8. The zero-order chi connectivity index (χ0) is 18.8. The first kappa shape index (κ1) is 17.0. The predicted octanol–water partition coefficient (Wildman–Crippen LogP) is 1.45. The average Bonchev–Trinajstić information content (AvgIpc) is 3.42. The maximum Gasteiger partial charge on any atom is 0.255 e. The van der Waals surface area contributed by atoms with Crippen LogP contribution < -0.4 is 5.32 Å². The highest BCUT2D eigenvalue weighted by Gasteiger charge is 2.21. The van der Waals surface area contributed by atoms with Gasteiger partial charge < -0.3 is 5.32 Å². The SMILES string of the molecule is Cc1sc(-n2cnnn2)c(C(=O)NCc2nc(-c3ccncc3)n[nH]2)c1C.